The lowest BCUT2D eigenvalue weighted by atomic mass is 10.1. The molecule has 28 heavy (non-hydrogen) atoms. The number of benzene rings is 1. The standard InChI is InChI=1S/C20H29N5O2S/c1-4-21-20(22-12-17-9-10-28(26,27)14-17)23-13-18-7-5-6-8-19(18)25-16(3)11-15(2)24-25/h5-8,11,17H,4,9-10,12-14H2,1-3H3,(H2,21,22,23). The molecule has 1 atom stereocenters. The Kier molecular flexibility index (Phi) is 6.39. The van der Waals surface area contributed by atoms with Gasteiger partial charge in [-0.2, -0.15) is 5.10 Å². The van der Waals surface area contributed by atoms with Crippen molar-refractivity contribution in [2.24, 2.45) is 10.9 Å². The predicted octanol–water partition coefficient (Wildman–Crippen LogP) is 1.98. The van der Waals surface area contributed by atoms with Gasteiger partial charge in [0.25, 0.3) is 0 Å². The average molecular weight is 404 g/mol. The Morgan fingerprint density at radius 1 is 1.29 bits per heavy atom. The molecule has 0 bridgehead atoms. The summed E-state index contributed by atoms with van der Waals surface area (Å²) in [5.74, 6) is 1.41. The molecule has 152 valence electrons. The molecule has 0 amide bonds. The molecule has 1 saturated heterocycles. The van der Waals surface area contributed by atoms with Crippen LogP contribution in [-0.4, -0.2) is 48.8 Å². The van der Waals surface area contributed by atoms with Crippen LogP contribution in [0.5, 0.6) is 0 Å². The number of aromatic nitrogens is 2. The van der Waals surface area contributed by atoms with E-state index in [0.29, 0.717) is 24.8 Å². The monoisotopic (exact) mass is 403 g/mol. The van der Waals surface area contributed by atoms with Crippen molar-refractivity contribution in [3.63, 3.8) is 0 Å². The summed E-state index contributed by atoms with van der Waals surface area (Å²) in [5.41, 5.74) is 4.17. The van der Waals surface area contributed by atoms with Gasteiger partial charge in [-0.05, 0) is 50.8 Å². The second-order valence-corrected chi connectivity index (χ2v) is 9.54. The first kappa shape index (κ1) is 20.4. The molecule has 2 heterocycles. The summed E-state index contributed by atoms with van der Waals surface area (Å²) in [6, 6.07) is 10.2. The zero-order valence-electron chi connectivity index (χ0n) is 16.8. The van der Waals surface area contributed by atoms with Crippen LogP contribution >= 0.6 is 0 Å². The predicted molar refractivity (Wildman–Crippen MR) is 113 cm³/mol. The van der Waals surface area contributed by atoms with E-state index in [2.05, 4.69) is 27.9 Å². The van der Waals surface area contributed by atoms with Crippen LogP contribution in [-0.2, 0) is 16.4 Å². The normalized spacial score (nSPS) is 19.0. The third-order valence-electron chi connectivity index (χ3n) is 4.87. The van der Waals surface area contributed by atoms with Crippen LogP contribution in [0.4, 0.5) is 0 Å². The molecule has 1 aromatic carbocycles. The van der Waals surface area contributed by atoms with E-state index in [9.17, 15) is 8.42 Å². The summed E-state index contributed by atoms with van der Waals surface area (Å²) in [6.45, 7) is 7.91. The fourth-order valence-corrected chi connectivity index (χ4v) is 5.37. The van der Waals surface area contributed by atoms with E-state index in [0.717, 1.165) is 35.6 Å². The molecule has 1 unspecified atom stereocenters. The van der Waals surface area contributed by atoms with Crippen molar-refractivity contribution >= 4 is 15.8 Å². The van der Waals surface area contributed by atoms with Gasteiger partial charge in [0.15, 0.2) is 15.8 Å². The molecule has 3 rings (SSSR count). The van der Waals surface area contributed by atoms with Gasteiger partial charge in [-0.1, -0.05) is 18.2 Å². The van der Waals surface area contributed by atoms with E-state index < -0.39 is 9.84 Å². The fraction of sp³-hybridized carbons (Fsp3) is 0.500. The molecule has 0 saturated carbocycles. The van der Waals surface area contributed by atoms with Crippen molar-refractivity contribution in [1.29, 1.82) is 0 Å². The number of guanidine groups is 1. The summed E-state index contributed by atoms with van der Waals surface area (Å²) >= 11 is 0. The summed E-state index contributed by atoms with van der Waals surface area (Å²) < 4.78 is 25.2. The first-order valence-electron chi connectivity index (χ1n) is 9.72. The molecule has 1 aromatic heterocycles. The maximum Gasteiger partial charge on any atom is 0.191 e. The Balaban J connectivity index is 1.72. The SMILES string of the molecule is CCNC(=NCc1ccccc1-n1nc(C)cc1C)NCC1CCS(=O)(=O)C1. The van der Waals surface area contributed by atoms with Gasteiger partial charge in [0.05, 0.1) is 29.4 Å². The van der Waals surface area contributed by atoms with E-state index in [1.54, 1.807) is 0 Å². The van der Waals surface area contributed by atoms with E-state index >= 15 is 0 Å². The lowest BCUT2D eigenvalue weighted by molar-refractivity contribution is 0.567. The Labute approximate surface area is 167 Å². The van der Waals surface area contributed by atoms with Crippen LogP contribution in [0.15, 0.2) is 35.3 Å². The van der Waals surface area contributed by atoms with Crippen LogP contribution in [0.3, 0.4) is 0 Å². The minimum Gasteiger partial charge on any atom is -0.357 e. The Morgan fingerprint density at radius 3 is 2.71 bits per heavy atom. The van der Waals surface area contributed by atoms with Gasteiger partial charge in [0, 0.05) is 18.8 Å². The largest absolute Gasteiger partial charge is 0.357 e. The third kappa shape index (κ3) is 5.13. The second-order valence-electron chi connectivity index (χ2n) is 7.31. The molecule has 0 radical (unpaired) electrons. The summed E-state index contributed by atoms with van der Waals surface area (Å²) in [7, 11) is -2.86. The summed E-state index contributed by atoms with van der Waals surface area (Å²) in [4.78, 5) is 4.71. The van der Waals surface area contributed by atoms with Crippen LogP contribution in [0.1, 0.15) is 30.3 Å². The van der Waals surface area contributed by atoms with Gasteiger partial charge in [-0.3, -0.25) is 0 Å². The number of aryl methyl sites for hydroxylation is 2. The number of aliphatic imine (C=N–C) groups is 1. The lowest BCUT2D eigenvalue weighted by Gasteiger charge is -2.15. The maximum absolute atomic E-state index is 11.6. The summed E-state index contributed by atoms with van der Waals surface area (Å²) in [5, 5.41) is 11.1. The Morgan fingerprint density at radius 2 is 2.07 bits per heavy atom. The number of hydrogen-bond acceptors (Lipinski definition) is 4. The number of hydrogen-bond donors (Lipinski definition) is 2. The second kappa shape index (κ2) is 8.77. The molecule has 1 aliphatic rings. The van der Waals surface area contributed by atoms with Crippen LogP contribution in [0, 0.1) is 19.8 Å². The van der Waals surface area contributed by atoms with Crippen molar-refractivity contribution in [3.8, 4) is 5.69 Å². The zero-order chi connectivity index (χ0) is 20.1. The highest BCUT2D eigenvalue weighted by molar-refractivity contribution is 7.91. The van der Waals surface area contributed by atoms with Crippen molar-refractivity contribution in [3.05, 3.63) is 47.3 Å². The quantitative estimate of drug-likeness (QED) is 0.569. The van der Waals surface area contributed by atoms with Gasteiger partial charge in [-0.25, -0.2) is 18.1 Å². The lowest BCUT2D eigenvalue weighted by Crippen LogP contribution is -2.40. The van der Waals surface area contributed by atoms with Crippen molar-refractivity contribution in [2.45, 2.75) is 33.7 Å². The molecule has 7 nitrogen and oxygen atoms in total. The average Bonchev–Trinajstić information content (AvgIpc) is 3.18. The highest BCUT2D eigenvalue weighted by atomic mass is 32.2. The number of rotatable bonds is 6. The van der Waals surface area contributed by atoms with Crippen LogP contribution < -0.4 is 10.6 Å². The van der Waals surface area contributed by atoms with E-state index in [1.807, 2.05) is 43.7 Å². The first-order chi connectivity index (χ1) is 13.4. The molecule has 8 heteroatoms. The molecule has 2 N–H and O–H groups in total. The maximum atomic E-state index is 11.6. The molecule has 1 fully saturated rings. The fourth-order valence-electron chi connectivity index (χ4n) is 3.50. The highest BCUT2D eigenvalue weighted by Crippen LogP contribution is 2.19. The van der Waals surface area contributed by atoms with Gasteiger partial charge < -0.3 is 10.6 Å². The zero-order valence-corrected chi connectivity index (χ0v) is 17.6. The highest BCUT2D eigenvalue weighted by Gasteiger charge is 2.27. The molecule has 0 aliphatic carbocycles. The van der Waals surface area contributed by atoms with E-state index in [1.165, 1.54) is 0 Å². The Bertz CT molecular complexity index is 949. The van der Waals surface area contributed by atoms with Crippen molar-refractivity contribution in [2.75, 3.05) is 24.6 Å². The van der Waals surface area contributed by atoms with Crippen molar-refractivity contribution in [1.82, 2.24) is 20.4 Å². The third-order valence-corrected chi connectivity index (χ3v) is 6.70. The number of nitrogens with zero attached hydrogens (tertiary/aromatic N) is 3. The van der Waals surface area contributed by atoms with Crippen molar-refractivity contribution < 1.29 is 8.42 Å². The Hall–Kier alpha value is -2.35. The summed E-state index contributed by atoms with van der Waals surface area (Å²) in [6.07, 6.45) is 0.718. The van der Waals surface area contributed by atoms with Crippen LogP contribution in [0.2, 0.25) is 0 Å². The molecular formula is C20H29N5O2S. The van der Waals surface area contributed by atoms with Gasteiger partial charge in [0.1, 0.15) is 0 Å². The van der Waals surface area contributed by atoms with E-state index in [4.69, 9.17) is 4.99 Å². The van der Waals surface area contributed by atoms with Gasteiger partial charge in [-0.15, -0.1) is 0 Å². The first-order valence-corrected chi connectivity index (χ1v) is 11.5. The molecule has 0 spiro atoms. The van der Waals surface area contributed by atoms with Gasteiger partial charge in [0.2, 0.25) is 0 Å². The molecule has 2 aromatic rings. The topological polar surface area (TPSA) is 88.4 Å². The number of para-hydroxylation sites is 1. The van der Waals surface area contributed by atoms with Crippen LogP contribution in [0.25, 0.3) is 5.69 Å². The molecular weight excluding hydrogens is 374 g/mol. The van der Waals surface area contributed by atoms with E-state index in [-0.39, 0.29) is 11.7 Å². The minimum atomic E-state index is -2.86. The molecule has 1 aliphatic heterocycles. The van der Waals surface area contributed by atoms with Gasteiger partial charge >= 0.3 is 0 Å². The smallest absolute Gasteiger partial charge is 0.191 e. The number of nitrogens with one attached hydrogen (secondary N) is 2. The minimum absolute atomic E-state index is 0.149. The number of sulfone groups is 1.